The summed E-state index contributed by atoms with van der Waals surface area (Å²) in [4.78, 5) is 9.95. The number of pyridine rings is 2. The summed E-state index contributed by atoms with van der Waals surface area (Å²) in [5.74, 6) is 0. The van der Waals surface area contributed by atoms with Crippen LogP contribution in [-0.2, 0) is 20.1 Å². The first kappa shape index (κ1) is 22.9. The third-order valence-electron chi connectivity index (χ3n) is 7.51. The van der Waals surface area contributed by atoms with Gasteiger partial charge in [0.25, 0.3) is 0 Å². The summed E-state index contributed by atoms with van der Waals surface area (Å²) in [6.07, 6.45) is 3.04. The van der Waals surface area contributed by atoms with Crippen LogP contribution in [0.1, 0.15) is 46.5 Å². The molecule has 3 aromatic carbocycles. The van der Waals surface area contributed by atoms with Gasteiger partial charge < -0.3 is 14.4 Å². The molecule has 0 saturated heterocycles. The number of furan rings is 1. The van der Waals surface area contributed by atoms with E-state index in [1.165, 1.54) is 38.6 Å². The van der Waals surface area contributed by atoms with E-state index < -0.39 is 13.7 Å². The number of nitrogens with zero attached hydrogens (tertiary/aromatic N) is 2. The molecule has 0 spiro atoms. The summed E-state index contributed by atoms with van der Waals surface area (Å²) in [6, 6.07) is 23.7. The molecule has 5 heteroatoms. The zero-order valence-corrected chi connectivity index (χ0v) is 27.1. The van der Waals surface area contributed by atoms with Gasteiger partial charge in [-0.25, -0.2) is 0 Å². The monoisotopic (exact) mass is 751 g/mol. The standard InChI is InChI=1S/C23H18NOS.C14H14N.Ir/c1-12-8-20(24-11-13(12)2)17-7-5-6-16-19-9-18-14(3)15(4)26-22(18)10-21(19)25-23(16)17;1-10-4-6-13(7-5-10)14-8-11(2)12(3)9-15-14;/h5-6,8-11H,1-4H3;4-6,8-9H,1-3H3;/q2*-1;/i1D3,2D3;;. The Kier molecular flexibility index (Phi) is 6.51. The molecule has 7 rings (SSSR count). The molecule has 3 nitrogen and oxygen atoms in total. The topological polar surface area (TPSA) is 38.9 Å². The van der Waals surface area contributed by atoms with Crippen LogP contribution in [0.3, 0.4) is 0 Å². The maximum absolute atomic E-state index is 7.83. The van der Waals surface area contributed by atoms with E-state index in [1.807, 2.05) is 24.4 Å². The van der Waals surface area contributed by atoms with Crippen molar-refractivity contribution in [2.75, 3.05) is 0 Å². The second kappa shape index (κ2) is 11.9. The molecule has 7 aromatic rings. The molecule has 4 aromatic heterocycles. The second-order valence-electron chi connectivity index (χ2n) is 10.4. The number of hydrogen-bond donors (Lipinski definition) is 0. The molecule has 42 heavy (non-hydrogen) atoms. The molecule has 0 aliphatic rings. The van der Waals surface area contributed by atoms with Gasteiger partial charge in [0.15, 0.2) is 0 Å². The number of rotatable bonds is 2. The van der Waals surface area contributed by atoms with Gasteiger partial charge >= 0.3 is 0 Å². The Hall–Kier alpha value is -3.63. The quantitative estimate of drug-likeness (QED) is 0.165. The van der Waals surface area contributed by atoms with Crippen LogP contribution in [0.25, 0.3) is 54.5 Å². The van der Waals surface area contributed by atoms with Crippen molar-refractivity contribution in [3.05, 3.63) is 117 Å². The first-order valence-electron chi connectivity index (χ1n) is 16.3. The molecule has 0 unspecified atom stereocenters. The smallest absolute Gasteiger partial charge is 0.122 e. The predicted molar refractivity (Wildman–Crippen MR) is 173 cm³/mol. The van der Waals surface area contributed by atoms with E-state index in [4.69, 9.17) is 12.6 Å². The van der Waals surface area contributed by atoms with E-state index in [-0.39, 0.29) is 31.2 Å². The van der Waals surface area contributed by atoms with Crippen molar-refractivity contribution in [2.45, 2.75) is 48.3 Å². The summed E-state index contributed by atoms with van der Waals surface area (Å²) in [6.45, 7) is 5.28. The average molecular weight is 751 g/mol. The minimum atomic E-state index is -2.59. The first-order valence-corrected chi connectivity index (χ1v) is 14.1. The van der Waals surface area contributed by atoms with Crippen molar-refractivity contribution in [3.8, 4) is 22.5 Å². The van der Waals surface area contributed by atoms with E-state index in [0.29, 0.717) is 16.8 Å². The Morgan fingerprint density at radius 2 is 1.52 bits per heavy atom. The Morgan fingerprint density at radius 3 is 2.26 bits per heavy atom. The van der Waals surface area contributed by atoms with E-state index in [1.54, 1.807) is 17.4 Å². The minimum absolute atomic E-state index is 0. The van der Waals surface area contributed by atoms with E-state index in [0.717, 1.165) is 38.5 Å². The molecule has 1 radical (unpaired) electrons. The van der Waals surface area contributed by atoms with E-state index in [2.05, 4.69) is 81.0 Å². The van der Waals surface area contributed by atoms with Gasteiger partial charge in [-0.3, -0.25) is 0 Å². The number of hydrogen-bond acceptors (Lipinski definition) is 4. The normalized spacial score (nSPS) is 13.7. The van der Waals surface area contributed by atoms with Crippen LogP contribution >= 0.6 is 11.3 Å². The summed E-state index contributed by atoms with van der Waals surface area (Å²) in [5.41, 5.74) is 8.59. The van der Waals surface area contributed by atoms with Crippen LogP contribution in [0.15, 0.2) is 71.4 Å². The van der Waals surface area contributed by atoms with Gasteiger partial charge in [0.1, 0.15) is 5.58 Å². The van der Waals surface area contributed by atoms with E-state index >= 15 is 0 Å². The molecule has 213 valence electrons. The van der Waals surface area contributed by atoms with Gasteiger partial charge in [0.2, 0.25) is 0 Å². The average Bonchev–Trinajstić information content (AvgIpc) is 3.52. The van der Waals surface area contributed by atoms with Gasteiger partial charge in [-0.15, -0.1) is 64.9 Å². The molecule has 4 heterocycles. The molecule has 0 aliphatic carbocycles. The van der Waals surface area contributed by atoms with Gasteiger partial charge in [-0.05, 0) is 87.0 Å². The summed E-state index contributed by atoms with van der Waals surface area (Å²) >= 11 is 1.72. The van der Waals surface area contributed by atoms with Crippen molar-refractivity contribution in [1.29, 1.82) is 0 Å². The van der Waals surface area contributed by atoms with Gasteiger partial charge in [0, 0.05) is 55.7 Å². The Bertz CT molecular complexity index is 2290. The molecule has 0 fully saturated rings. The number of aryl methyl sites for hydroxylation is 7. The summed E-state index contributed by atoms with van der Waals surface area (Å²) < 4.78 is 53.9. The third kappa shape index (κ3) is 5.57. The molecule has 0 N–H and O–H groups in total. The molecular weight excluding hydrogens is 713 g/mol. The van der Waals surface area contributed by atoms with E-state index in [9.17, 15) is 0 Å². The van der Waals surface area contributed by atoms with Crippen LogP contribution in [0.5, 0.6) is 0 Å². The maximum atomic E-state index is 7.83. The van der Waals surface area contributed by atoms with Gasteiger partial charge in [0.05, 0.1) is 5.58 Å². The summed E-state index contributed by atoms with van der Waals surface area (Å²) in [7, 11) is 0. The Morgan fingerprint density at radius 1 is 0.762 bits per heavy atom. The number of thiophene rings is 1. The van der Waals surface area contributed by atoms with Crippen LogP contribution in [0.2, 0.25) is 0 Å². The molecule has 0 amide bonds. The maximum Gasteiger partial charge on any atom is 0.122 e. The van der Waals surface area contributed by atoms with Gasteiger partial charge in [-0.2, -0.15) is 0 Å². The fourth-order valence-corrected chi connectivity index (χ4v) is 5.87. The number of aromatic nitrogens is 2. The molecule has 0 bridgehead atoms. The molecule has 0 saturated carbocycles. The summed E-state index contributed by atoms with van der Waals surface area (Å²) in [5, 5.41) is 3.01. The zero-order valence-electron chi connectivity index (χ0n) is 29.9. The second-order valence-corrected chi connectivity index (χ2v) is 11.6. The first-order chi connectivity index (χ1) is 22.1. The largest absolute Gasteiger partial charge is 0.501 e. The Labute approximate surface area is 273 Å². The van der Waals surface area contributed by atoms with Gasteiger partial charge in [-0.1, -0.05) is 41.1 Å². The van der Waals surface area contributed by atoms with Crippen LogP contribution in [0, 0.1) is 60.5 Å². The van der Waals surface area contributed by atoms with Crippen molar-refractivity contribution >= 4 is 43.4 Å². The van der Waals surface area contributed by atoms with Crippen LogP contribution < -0.4 is 0 Å². The predicted octanol–water partition coefficient (Wildman–Crippen LogP) is 10.4. The fraction of sp³-hybridized carbons (Fsp3) is 0.189. The Balaban J connectivity index is 0.000000237. The molecule has 0 aliphatic heterocycles. The van der Waals surface area contributed by atoms with Crippen LogP contribution in [0.4, 0.5) is 0 Å². The minimum Gasteiger partial charge on any atom is -0.501 e. The van der Waals surface area contributed by atoms with Crippen molar-refractivity contribution in [3.63, 3.8) is 0 Å². The third-order valence-corrected chi connectivity index (χ3v) is 8.68. The van der Waals surface area contributed by atoms with Crippen molar-refractivity contribution < 1.29 is 32.7 Å². The van der Waals surface area contributed by atoms with Crippen molar-refractivity contribution in [1.82, 2.24) is 9.97 Å². The molecule has 0 atom stereocenters. The number of benzene rings is 3. The van der Waals surface area contributed by atoms with Crippen LogP contribution in [-0.4, -0.2) is 9.97 Å². The SMILES string of the molecule is Cc1c[c-]c(-c2cc(C)c(C)cn2)cc1.[2H]C([2H])([2H])c1cnc(-c2[c-]ccc3c2oc2cc4sc(C)c(C)c4cc23)cc1C([2H])([2H])[2H].[Ir]. The zero-order chi connectivity index (χ0) is 33.8. The molecular formula is C37H32IrN2OS-2. The fourth-order valence-electron chi connectivity index (χ4n) is 4.79. The van der Waals surface area contributed by atoms with Crippen molar-refractivity contribution in [2.24, 2.45) is 0 Å². The number of fused-ring (bicyclic) bond motifs is 4.